The van der Waals surface area contributed by atoms with Gasteiger partial charge in [0.2, 0.25) is 0 Å². The van der Waals surface area contributed by atoms with Gasteiger partial charge in [0, 0.05) is 77.9 Å². The van der Waals surface area contributed by atoms with Crippen LogP contribution < -0.4 is 14.5 Å². The van der Waals surface area contributed by atoms with E-state index in [0.717, 1.165) is 94.8 Å². The van der Waals surface area contributed by atoms with Gasteiger partial charge in [-0.25, -0.2) is 13.8 Å². The molecule has 2 aromatic heterocycles. The summed E-state index contributed by atoms with van der Waals surface area (Å²) in [5, 5.41) is 2.08. The Morgan fingerprint density at radius 2 is 1.05 bits per heavy atom. The molecule has 410 valence electrons. The van der Waals surface area contributed by atoms with Crippen LogP contribution >= 0.6 is 0 Å². The molecule has 3 heterocycles. The van der Waals surface area contributed by atoms with E-state index in [-0.39, 0.29) is 31.9 Å². The molecule has 0 unspecified atom stereocenters. The number of pyridine rings is 1. The smallest absolute Gasteiger partial charge is 0.135 e. The first-order valence-electron chi connectivity index (χ1n) is 27.9. The average Bonchev–Trinajstić information content (AvgIpc) is 1.70. The van der Waals surface area contributed by atoms with Crippen LogP contribution in [0.15, 0.2) is 231 Å². The molecule has 2 aliphatic rings. The molecule has 1 aliphatic carbocycles. The second-order valence-corrected chi connectivity index (χ2v) is 23.6. The zero-order valence-electron chi connectivity index (χ0n) is 46.8. The summed E-state index contributed by atoms with van der Waals surface area (Å²) in [6.45, 7) is 15.6. The summed E-state index contributed by atoms with van der Waals surface area (Å²) in [5.74, 6) is 0.861. The number of fused-ring (bicyclic) bond motifs is 7. The van der Waals surface area contributed by atoms with Gasteiger partial charge in [-0.2, -0.15) is 6.07 Å². The van der Waals surface area contributed by atoms with Gasteiger partial charge in [-0.1, -0.05) is 181 Å². The SMILES string of the molecule is CC(C)(C)c1ccnc(-n2c3[c-]c(Oc4[c-]c(N5[CH-]N(c6c(-c7ccccc7)cc(C(C)(C)C)cc6-c6ccccc6)c6ccccc65)cc(C5(c6ccccc6)c6ccc(F)cc6-c6cc(F)ccc65)c4)ccc3c3ccccc32)c1.[Pt]. The van der Waals surface area contributed by atoms with Crippen molar-refractivity contribution < 1.29 is 34.6 Å². The van der Waals surface area contributed by atoms with Crippen LogP contribution in [0.5, 0.6) is 11.5 Å². The zero-order valence-corrected chi connectivity index (χ0v) is 49.1. The molecule has 0 saturated heterocycles. The third kappa shape index (κ3) is 9.05. The fourth-order valence-electron chi connectivity index (χ4n) is 12.5. The third-order valence-corrected chi connectivity index (χ3v) is 16.4. The van der Waals surface area contributed by atoms with Crippen molar-refractivity contribution in [2.75, 3.05) is 9.80 Å². The standard InChI is InChI=1S/C75H57F2N4O.Pt/c1-73(2,3)51-36-37-78-71(42-51)81-67-27-17-16-26-59(67)60-33-32-57(46-70(60)81)82-58-39-53(75(50-24-14-9-15-25-50)65-34-30-54(76)43-63(65)64-44-55(77)31-35-66(64)75)38-56(45-58)79-47-80(69-29-19-18-28-68(69)79)72-61(48-20-10-7-11-21-48)40-52(74(4,5)6)41-62(72)49-22-12-8-13-23-49;/h7-44,47H,1-6H3;/q-3;. The van der Waals surface area contributed by atoms with Crippen LogP contribution in [0.1, 0.15) is 74.9 Å². The molecule has 5 nitrogen and oxygen atoms in total. The van der Waals surface area contributed by atoms with Crippen LogP contribution in [0.2, 0.25) is 0 Å². The van der Waals surface area contributed by atoms with E-state index in [9.17, 15) is 0 Å². The Bertz CT molecular complexity index is 4360. The largest absolute Gasteiger partial charge is 0.509 e. The van der Waals surface area contributed by atoms with Gasteiger partial charge >= 0.3 is 0 Å². The number of anilines is 4. The van der Waals surface area contributed by atoms with Crippen molar-refractivity contribution in [1.82, 2.24) is 9.55 Å². The first-order chi connectivity index (χ1) is 39.7. The van der Waals surface area contributed by atoms with Crippen molar-refractivity contribution >= 4 is 44.6 Å². The Labute approximate surface area is 498 Å². The maximum atomic E-state index is 15.7. The van der Waals surface area contributed by atoms with Gasteiger partial charge < -0.3 is 19.1 Å². The molecular weight excluding hydrogens is 1210 g/mol. The molecule has 0 atom stereocenters. The monoisotopic (exact) mass is 1260 g/mol. The van der Waals surface area contributed by atoms with Crippen molar-refractivity contribution in [3.63, 3.8) is 0 Å². The molecule has 0 fully saturated rings. The van der Waals surface area contributed by atoms with E-state index in [1.54, 1.807) is 0 Å². The Morgan fingerprint density at radius 3 is 1.66 bits per heavy atom. The van der Waals surface area contributed by atoms with E-state index < -0.39 is 17.0 Å². The zero-order chi connectivity index (χ0) is 56.1. The van der Waals surface area contributed by atoms with Crippen molar-refractivity contribution in [3.8, 4) is 50.7 Å². The molecule has 0 saturated carbocycles. The predicted octanol–water partition coefficient (Wildman–Crippen LogP) is 19.5. The molecule has 83 heavy (non-hydrogen) atoms. The molecule has 1 aliphatic heterocycles. The number of halogens is 2. The van der Waals surface area contributed by atoms with E-state index in [0.29, 0.717) is 28.3 Å². The molecule has 14 rings (SSSR count). The predicted molar refractivity (Wildman–Crippen MR) is 330 cm³/mol. The van der Waals surface area contributed by atoms with Crippen LogP contribution in [0.25, 0.3) is 61.0 Å². The Hall–Kier alpha value is -8.90. The van der Waals surface area contributed by atoms with Gasteiger partial charge in [-0.05, 0) is 133 Å². The molecule has 8 heteroatoms. The van der Waals surface area contributed by atoms with Crippen molar-refractivity contribution in [3.05, 3.63) is 294 Å². The molecule has 12 aromatic rings. The molecule has 10 aromatic carbocycles. The van der Waals surface area contributed by atoms with Gasteiger partial charge in [0.1, 0.15) is 17.5 Å². The summed E-state index contributed by atoms with van der Waals surface area (Å²) in [5.41, 5.74) is 15.4. The van der Waals surface area contributed by atoms with Crippen LogP contribution in [0, 0.1) is 30.4 Å². The first kappa shape index (κ1) is 53.4. The number of aromatic nitrogens is 2. The summed E-state index contributed by atoms with van der Waals surface area (Å²) >= 11 is 0. The number of hydrogen-bond donors (Lipinski definition) is 0. The number of ether oxygens (including phenoxy) is 1. The summed E-state index contributed by atoms with van der Waals surface area (Å²) in [7, 11) is 0. The maximum Gasteiger partial charge on any atom is 0.135 e. The topological polar surface area (TPSA) is 33.5 Å². The van der Waals surface area contributed by atoms with Gasteiger partial charge in [-0.3, -0.25) is 0 Å². The summed E-state index contributed by atoms with van der Waals surface area (Å²) in [4.78, 5) is 9.45. The second-order valence-electron chi connectivity index (χ2n) is 23.6. The van der Waals surface area contributed by atoms with E-state index in [2.05, 4.69) is 232 Å². The summed E-state index contributed by atoms with van der Waals surface area (Å²) in [6, 6.07) is 82.8. The summed E-state index contributed by atoms with van der Waals surface area (Å²) in [6.07, 6.45) is 1.88. The normalized spacial score (nSPS) is 13.4. The quantitative estimate of drug-likeness (QED) is 0.135. The minimum Gasteiger partial charge on any atom is -0.509 e. The number of hydrogen-bond acceptors (Lipinski definition) is 4. The van der Waals surface area contributed by atoms with Crippen LogP contribution in [-0.4, -0.2) is 9.55 Å². The van der Waals surface area contributed by atoms with Crippen LogP contribution in [0.3, 0.4) is 0 Å². The minimum absolute atomic E-state index is 0. The second kappa shape index (κ2) is 20.5. The summed E-state index contributed by atoms with van der Waals surface area (Å²) < 4.78 is 40.8. The number of rotatable bonds is 9. The van der Waals surface area contributed by atoms with Gasteiger partial charge in [0.25, 0.3) is 0 Å². The maximum absolute atomic E-state index is 15.7. The van der Waals surface area contributed by atoms with Gasteiger partial charge in [0.15, 0.2) is 0 Å². The molecule has 0 radical (unpaired) electrons. The molecular formula is C75H57F2N4OPt-3. The van der Waals surface area contributed by atoms with Crippen molar-refractivity contribution in [1.29, 1.82) is 0 Å². The Balaban J connectivity index is 0.00000645. The van der Waals surface area contributed by atoms with Gasteiger partial charge in [0.05, 0.1) is 0 Å². The van der Waals surface area contributed by atoms with E-state index in [4.69, 9.17) is 9.72 Å². The number of benzene rings is 10. The minimum atomic E-state index is -1.08. The molecule has 0 N–H and O–H groups in total. The number of nitrogens with zero attached hydrogens (tertiary/aromatic N) is 4. The molecule has 0 amide bonds. The van der Waals surface area contributed by atoms with E-state index in [1.807, 2.05) is 48.7 Å². The molecule has 0 bridgehead atoms. The van der Waals surface area contributed by atoms with E-state index in [1.165, 1.54) is 29.8 Å². The third-order valence-electron chi connectivity index (χ3n) is 16.4. The first-order valence-corrected chi connectivity index (χ1v) is 27.9. The molecule has 0 spiro atoms. The van der Waals surface area contributed by atoms with E-state index >= 15 is 8.78 Å². The van der Waals surface area contributed by atoms with Crippen molar-refractivity contribution in [2.45, 2.75) is 57.8 Å². The number of para-hydroxylation sites is 3. The fraction of sp³-hybridized carbons (Fsp3) is 0.120. The van der Waals surface area contributed by atoms with Gasteiger partial charge in [-0.15, -0.1) is 53.6 Å². The van der Waals surface area contributed by atoms with Crippen LogP contribution in [-0.2, 0) is 37.3 Å². The average molecular weight is 1260 g/mol. The van der Waals surface area contributed by atoms with Crippen LogP contribution in [0.4, 0.5) is 31.5 Å². The fourth-order valence-corrected chi connectivity index (χ4v) is 12.5. The van der Waals surface area contributed by atoms with Crippen molar-refractivity contribution in [2.24, 2.45) is 0 Å². The Morgan fingerprint density at radius 1 is 0.482 bits per heavy atom. The Kier molecular flexibility index (Phi) is 13.2.